The first-order chi connectivity index (χ1) is 9.41. The fourth-order valence-corrected chi connectivity index (χ4v) is 2.72. The van der Waals surface area contributed by atoms with Gasteiger partial charge in [0.1, 0.15) is 0 Å². The molecule has 0 radical (unpaired) electrons. The molecule has 0 fully saturated rings. The Morgan fingerprint density at radius 3 is 0.950 bits per heavy atom. The molecular formula is C19H39Th-. The molecule has 0 rings (SSSR count). The molecule has 20 heavy (non-hydrogen) atoms. The van der Waals surface area contributed by atoms with Gasteiger partial charge in [0.15, 0.2) is 0 Å². The van der Waals surface area contributed by atoms with Gasteiger partial charge in [0.25, 0.3) is 0 Å². The van der Waals surface area contributed by atoms with Crippen molar-refractivity contribution in [3.63, 3.8) is 0 Å². The Morgan fingerprint density at radius 1 is 0.450 bits per heavy atom. The monoisotopic (exact) mass is 499 g/mol. The summed E-state index contributed by atoms with van der Waals surface area (Å²) in [7, 11) is 0. The van der Waals surface area contributed by atoms with Crippen molar-refractivity contribution in [3.8, 4) is 0 Å². The van der Waals surface area contributed by atoms with E-state index >= 15 is 0 Å². The first kappa shape index (κ1) is 23.6. The van der Waals surface area contributed by atoms with Crippen LogP contribution in [0.4, 0.5) is 0 Å². The van der Waals surface area contributed by atoms with Crippen LogP contribution < -0.4 is 0 Å². The molecule has 0 aromatic rings. The Labute approximate surface area is 161 Å². The van der Waals surface area contributed by atoms with Crippen molar-refractivity contribution in [2.24, 2.45) is 0 Å². The van der Waals surface area contributed by atoms with E-state index < -0.39 is 0 Å². The van der Waals surface area contributed by atoms with Crippen LogP contribution in [0.25, 0.3) is 0 Å². The molecule has 0 bridgehead atoms. The van der Waals surface area contributed by atoms with Crippen LogP contribution in [0.2, 0.25) is 0 Å². The molecule has 0 aromatic heterocycles. The van der Waals surface area contributed by atoms with Gasteiger partial charge in [-0.1, -0.05) is 110 Å². The van der Waals surface area contributed by atoms with Crippen molar-refractivity contribution < 1.29 is 39.9 Å². The van der Waals surface area contributed by atoms with E-state index in [1.54, 1.807) is 0 Å². The van der Waals surface area contributed by atoms with Crippen molar-refractivity contribution in [2.45, 2.75) is 116 Å². The van der Waals surface area contributed by atoms with Crippen LogP contribution >= 0.6 is 0 Å². The molecule has 0 nitrogen and oxygen atoms in total. The van der Waals surface area contributed by atoms with Gasteiger partial charge >= 0.3 is 0 Å². The van der Waals surface area contributed by atoms with Crippen molar-refractivity contribution >= 4 is 0 Å². The topological polar surface area (TPSA) is 0 Å². The summed E-state index contributed by atoms with van der Waals surface area (Å²) in [6.45, 7) is 6.18. The third-order valence-electron chi connectivity index (χ3n) is 4.10. The minimum absolute atomic E-state index is 0. The molecule has 0 amide bonds. The summed E-state index contributed by atoms with van der Waals surface area (Å²) in [4.78, 5) is 0. The summed E-state index contributed by atoms with van der Waals surface area (Å²) in [5, 5.41) is 0. The van der Waals surface area contributed by atoms with Crippen LogP contribution in [-0.2, 0) is 0 Å². The normalized spacial score (nSPS) is 10.5. The molecule has 1 heteroatoms. The molecule has 0 aliphatic carbocycles. The van der Waals surface area contributed by atoms with Crippen molar-refractivity contribution in [2.75, 3.05) is 0 Å². The van der Waals surface area contributed by atoms with Gasteiger partial charge in [-0.2, -0.15) is 6.42 Å². The maximum atomic E-state index is 3.89. The largest absolute Gasteiger partial charge is 0.343 e. The second-order valence-electron chi connectivity index (χ2n) is 6.16. The summed E-state index contributed by atoms with van der Waals surface area (Å²) in [5.41, 5.74) is 0. The van der Waals surface area contributed by atoms with Crippen LogP contribution in [0.15, 0.2) is 0 Å². The van der Waals surface area contributed by atoms with Crippen LogP contribution in [0.3, 0.4) is 0 Å². The summed E-state index contributed by atoms with van der Waals surface area (Å²) in [5.74, 6) is 0. The minimum atomic E-state index is 0. The molecule has 0 N–H and O–H groups in total. The molecule has 0 aromatic carbocycles. The van der Waals surface area contributed by atoms with Crippen molar-refractivity contribution in [3.05, 3.63) is 6.92 Å². The number of unbranched alkanes of at least 4 members (excludes halogenated alkanes) is 16. The maximum absolute atomic E-state index is 3.89. The van der Waals surface area contributed by atoms with Crippen LogP contribution in [0.1, 0.15) is 116 Å². The molecule has 0 unspecified atom stereocenters. The van der Waals surface area contributed by atoms with E-state index in [2.05, 4.69) is 13.8 Å². The third-order valence-corrected chi connectivity index (χ3v) is 4.10. The number of hydrogen-bond acceptors (Lipinski definition) is 0. The van der Waals surface area contributed by atoms with E-state index in [0.29, 0.717) is 0 Å². The summed E-state index contributed by atoms with van der Waals surface area (Å²) < 4.78 is 0. The standard InChI is InChI=1S/C19H39.Th/c1-3-5-7-9-11-13-15-17-19-18-16-14-12-10-8-6-4-2;/h1,3-19H2,2H3;/q-1;. The third kappa shape index (κ3) is 21.6. The van der Waals surface area contributed by atoms with E-state index in [1.165, 1.54) is 103 Å². The van der Waals surface area contributed by atoms with Crippen LogP contribution in [0.5, 0.6) is 0 Å². The smallest absolute Gasteiger partial charge is 0 e. The van der Waals surface area contributed by atoms with Gasteiger partial charge in [-0.05, 0) is 0 Å². The van der Waals surface area contributed by atoms with Gasteiger partial charge in [0, 0.05) is 39.9 Å². The molecule has 0 saturated heterocycles. The predicted octanol–water partition coefficient (Wildman–Crippen LogP) is 7.47. The van der Waals surface area contributed by atoms with Crippen molar-refractivity contribution in [1.82, 2.24) is 0 Å². The molecule has 0 spiro atoms. The molecule has 0 atom stereocenters. The maximum Gasteiger partial charge on any atom is 0 e. The van der Waals surface area contributed by atoms with E-state index in [-0.39, 0.29) is 39.9 Å². The first-order valence-corrected chi connectivity index (χ1v) is 9.21. The second-order valence-corrected chi connectivity index (χ2v) is 6.16. The molecule has 120 valence electrons. The van der Waals surface area contributed by atoms with Gasteiger partial charge in [-0.3, -0.25) is 0 Å². The van der Waals surface area contributed by atoms with Gasteiger partial charge in [0.05, 0.1) is 0 Å². The minimum Gasteiger partial charge on any atom is -0.343 e. The Balaban J connectivity index is 0. The van der Waals surface area contributed by atoms with Gasteiger partial charge in [0.2, 0.25) is 0 Å². The zero-order valence-corrected chi connectivity index (χ0v) is 18.3. The number of rotatable bonds is 16. The van der Waals surface area contributed by atoms with Gasteiger partial charge < -0.3 is 6.92 Å². The van der Waals surface area contributed by atoms with Crippen LogP contribution in [-0.4, -0.2) is 0 Å². The zero-order chi connectivity index (χ0) is 14.0. The molecule has 0 saturated carbocycles. The summed E-state index contributed by atoms with van der Waals surface area (Å²) in [6.07, 6.45) is 24.3. The molecule has 0 heterocycles. The average molecular weight is 500 g/mol. The Morgan fingerprint density at radius 2 is 0.700 bits per heavy atom. The van der Waals surface area contributed by atoms with E-state index in [9.17, 15) is 0 Å². The first-order valence-electron chi connectivity index (χ1n) is 9.21. The Bertz CT molecular complexity index is 129. The zero-order valence-electron chi connectivity index (χ0n) is 14.2. The Kier molecular flexibility index (Phi) is 26.7. The second kappa shape index (κ2) is 22.6. The van der Waals surface area contributed by atoms with E-state index in [4.69, 9.17) is 0 Å². The number of hydrogen-bond donors (Lipinski definition) is 0. The fraction of sp³-hybridized carbons (Fsp3) is 0.947. The van der Waals surface area contributed by atoms with E-state index in [0.717, 1.165) is 6.42 Å². The van der Waals surface area contributed by atoms with Crippen LogP contribution in [0, 0.1) is 46.9 Å². The van der Waals surface area contributed by atoms with E-state index in [1.807, 2.05) is 0 Å². The SMILES string of the molecule is [CH2-]CCCCCCCCCCCCCCCCCC.[Th]. The van der Waals surface area contributed by atoms with Gasteiger partial charge in [-0.25, -0.2) is 0 Å². The molecular weight excluding hydrogens is 460 g/mol. The molecule has 0 aliphatic rings. The van der Waals surface area contributed by atoms with Gasteiger partial charge in [-0.15, -0.1) is 0 Å². The summed E-state index contributed by atoms with van der Waals surface area (Å²) in [6, 6.07) is 0. The predicted molar refractivity (Wildman–Crippen MR) is 89.5 cm³/mol. The fourth-order valence-electron chi connectivity index (χ4n) is 2.72. The average Bonchev–Trinajstić information content (AvgIpc) is 2.43. The quantitative estimate of drug-likeness (QED) is 0.153. The Hall–Kier alpha value is 1.32. The van der Waals surface area contributed by atoms with Crippen molar-refractivity contribution in [1.29, 1.82) is 0 Å². The molecule has 0 aliphatic heterocycles. The summed E-state index contributed by atoms with van der Waals surface area (Å²) >= 11 is 0.